The lowest BCUT2D eigenvalue weighted by atomic mass is 10.1. The second-order valence-corrected chi connectivity index (χ2v) is 4.65. The number of nitrogens with one attached hydrogen (secondary N) is 1. The predicted octanol–water partition coefficient (Wildman–Crippen LogP) is 1.96. The number of anilines is 1. The van der Waals surface area contributed by atoms with Gasteiger partial charge in [-0.15, -0.1) is 0 Å². The smallest absolute Gasteiger partial charge is 0.339 e. The Morgan fingerprint density at radius 2 is 2.21 bits per heavy atom. The molecule has 1 atom stereocenters. The molecular weight excluding hydrogens is 246 g/mol. The molecule has 0 aliphatic carbocycles. The zero-order valence-corrected chi connectivity index (χ0v) is 11.8. The number of rotatable bonds is 7. The maximum atomic E-state index is 10.9. The fourth-order valence-electron chi connectivity index (χ4n) is 1.56. The van der Waals surface area contributed by atoms with Crippen molar-refractivity contribution >= 4 is 11.9 Å². The predicted molar refractivity (Wildman–Crippen MR) is 72.5 cm³/mol. The van der Waals surface area contributed by atoms with Crippen molar-refractivity contribution < 1.29 is 14.6 Å². The molecule has 0 aliphatic rings. The minimum Gasteiger partial charge on any atom is -0.478 e. The molecule has 0 bridgehead atoms. The summed E-state index contributed by atoms with van der Waals surface area (Å²) >= 11 is 0. The largest absolute Gasteiger partial charge is 0.478 e. The van der Waals surface area contributed by atoms with Crippen LogP contribution in [0.5, 0.6) is 0 Å². The van der Waals surface area contributed by atoms with Gasteiger partial charge in [-0.2, -0.15) is 0 Å². The molecule has 19 heavy (non-hydrogen) atoms. The van der Waals surface area contributed by atoms with Crippen molar-refractivity contribution in [2.45, 2.75) is 33.7 Å². The van der Waals surface area contributed by atoms with E-state index in [1.165, 1.54) is 6.20 Å². The Kier molecular flexibility index (Phi) is 5.69. The summed E-state index contributed by atoms with van der Waals surface area (Å²) in [4.78, 5) is 19.1. The Hall–Kier alpha value is -1.69. The topological polar surface area (TPSA) is 84.3 Å². The molecule has 0 spiro atoms. The number of carboxylic acid groups (broad SMARTS) is 1. The molecule has 6 nitrogen and oxygen atoms in total. The van der Waals surface area contributed by atoms with E-state index in [0.717, 1.165) is 0 Å². The van der Waals surface area contributed by atoms with Crippen molar-refractivity contribution in [3.05, 3.63) is 17.5 Å². The monoisotopic (exact) mass is 267 g/mol. The first kappa shape index (κ1) is 15.4. The van der Waals surface area contributed by atoms with E-state index >= 15 is 0 Å². The lowest BCUT2D eigenvalue weighted by Crippen LogP contribution is -2.32. The van der Waals surface area contributed by atoms with E-state index < -0.39 is 5.97 Å². The molecule has 0 amide bonds. The first-order valence-corrected chi connectivity index (χ1v) is 6.36. The molecule has 106 valence electrons. The summed E-state index contributed by atoms with van der Waals surface area (Å²) in [5, 5.41) is 12.1. The standard InChI is InChI=1S/C13H21N3O3/c1-5-19-7-11(8(2)3)16-13-14-6-10(12(17)18)9(4)15-13/h6,8,11H,5,7H2,1-4H3,(H,17,18)(H,14,15,16). The van der Waals surface area contributed by atoms with Gasteiger partial charge in [0, 0.05) is 12.8 Å². The van der Waals surface area contributed by atoms with Crippen molar-refractivity contribution in [3.63, 3.8) is 0 Å². The number of aryl methyl sites for hydroxylation is 1. The quantitative estimate of drug-likeness (QED) is 0.785. The fourth-order valence-corrected chi connectivity index (χ4v) is 1.56. The van der Waals surface area contributed by atoms with E-state index in [1.54, 1.807) is 6.92 Å². The van der Waals surface area contributed by atoms with Gasteiger partial charge in [0.25, 0.3) is 0 Å². The molecule has 1 heterocycles. The second kappa shape index (κ2) is 7.04. The number of hydrogen-bond donors (Lipinski definition) is 2. The Bertz CT molecular complexity index is 435. The van der Waals surface area contributed by atoms with Crippen LogP contribution in [0.2, 0.25) is 0 Å². The van der Waals surface area contributed by atoms with Gasteiger partial charge < -0.3 is 15.2 Å². The van der Waals surface area contributed by atoms with Crippen LogP contribution in [0.1, 0.15) is 36.8 Å². The average Bonchev–Trinajstić information content (AvgIpc) is 2.33. The maximum Gasteiger partial charge on any atom is 0.339 e. The van der Waals surface area contributed by atoms with Crippen LogP contribution in [0.3, 0.4) is 0 Å². The van der Waals surface area contributed by atoms with E-state index in [9.17, 15) is 4.79 Å². The van der Waals surface area contributed by atoms with Crippen molar-refractivity contribution in [1.29, 1.82) is 0 Å². The number of hydrogen-bond acceptors (Lipinski definition) is 5. The Balaban J connectivity index is 2.79. The normalized spacial score (nSPS) is 12.5. The van der Waals surface area contributed by atoms with Gasteiger partial charge in [0.2, 0.25) is 5.95 Å². The highest BCUT2D eigenvalue weighted by atomic mass is 16.5. The van der Waals surface area contributed by atoms with Gasteiger partial charge in [0.15, 0.2) is 0 Å². The molecular formula is C13H21N3O3. The minimum absolute atomic E-state index is 0.0926. The lowest BCUT2D eigenvalue weighted by molar-refractivity contribution is 0.0695. The minimum atomic E-state index is -1.02. The number of carbonyl (C=O) groups is 1. The summed E-state index contributed by atoms with van der Waals surface area (Å²) < 4.78 is 5.41. The number of carboxylic acids is 1. The van der Waals surface area contributed by atoms with E-state index in [4.69, 9.17) is 9.84 Å². The van der Waals surface area contributed by atoms with Crippen molar-refractivity contribution in [1.82, 2.24) is 9.97 Å². The molecule has 0 aromatic carbocycles. The summed E-state index contributed by atoms with van der Waals surface area (Å²) in [6.45, 7) is 8.98. The van der Waals surface area contributed by atoms with Crippen molar-refractivity contribution in [3.8, 4) is 0 Å². The molecule has 0 fully saturated rings. The molecule has 0 saturated heterocycles. The summed E-state index contributed by atoms with van der Waals surface area (Å²) in [7, 11) is 0. The number of ether oxygens (including phenoxy) is 1. The number of aromatic nitrogens is 2. The Morgan fingerprint density at radius 1 is 1.53 bits per heavy atom. The number of aromatic carboxylic acids is 1. The van der Waals surface area contributed by atoms with Gasteiger partial charge in [0.05, 0.1) is 23.9 Å². The first-order chi connectivity index (χ1) is 8.95. The molecule has 1 aromatic rings. The van der Waals surface area contributed by atoms with Crippen LogP contribution in [0.4, 0.5) is 5.95 Å². The van der Waals surface area contributed by atoms with Crippen LogP contribution in [-0.2, 0) is 4.74 Å². The molecule has 0 saturated carbocycles. The van der Waals surface area contributed by atoms with Crippen molar-refractivity contribution in [2.75, 3.05) is 18.5 Å². The lowest BCUT2D eigenvalue weighted by Gasteiger charge is -2.22. The summed E-state index contributed by atoms with van der Waals surface area (Å²) in [5.41, 5.74) is 0.570. The highest BCUT2D eigenvalue weighted by Gasteiger charge is 2.16. The Labute approximate surface area is 113 Å². The maximum absolute atomic E-state index is 10.9. The molecule has 0 aliphatic heterocycles. The van der Waals surface area contributed by atoms with Crippen LogP contribution in [0, 0.1) is 12.8 Å². The van der Waals surface area contributed by atoms with Gasteiger partial charge >= 0.3 is 5.97 Å². The second-order valence-electron chi connectivity index (χ2n) is 4.65. The first-order valence-electron chi connectivity index (χ1n) is 6.36. The fraction of sp³-hybridized carbons (Fsp3) is 0.615. The van der Waals surface area contributed by atoms with Gasteiger partial charge in [-0.25, -0.2) is 14.8 Å². The SMILES string of the molecule is CCOCC(Nc1ncc(C(=O)O)c(C)n1)C(C)C. The third-order valence-corrected chi connectivity index (χ3v) is 2.83. The summed E-state index contributed by atoms with van der Waals surface area (Å²) in [6.07, 6.45) is 1.32. The van der Waals surface area contributed by atoms with E-state index in [0.29, 0.717) is 30.8 Å². The van der Waals surface area contributed by atoms with E-state index in [2.05, 4.69) is 29.1 Å². The van der Waals surface area contributed by atoms with Crippen molar-refractivity contribution in [2.24, 2.45) is 5.92 Å². The van der Waals surface area contributed by atoms with Crippen LogP contribution in [-0.4, -0.2) is 40.3 Å². The molecule has 2 N–H and O–H groups in total. The van der Waals surface area contributed by atoms with E-state index in [1.807, 2.05) is 6.92 Å². The van der Waals surface area contributed by atoms with Gasteiger partial charge in [-0.05, 0) is 19.8 Å². The zero-order valence-electron chi connectivity index (χ0n) is 11.8. The van der Waals surface area contributed by atoms with Crippen LogP contribution in [0.25, 0.3) is 0 Å². The average molecular weight is 267 g/mol. The molecule has 1 aromatic heterocycles. The van der Waals surface area contributed by atoms with Crippen LogP contribution >= 0.6 is 0 Å². The van der Waals surface area contributed by atoms with Crippen LogP contribution < -0.4 is 5.32 Å². The highest BCUT2D eigenvalue weighted by Crippen LogP contribution is 2.11. The van der Waals surface area contributed by atoms with Crippen LogP contribution in [0.15, 0.2) is 6.20 Å². The number of nitrogens with zero attached hydrogens (tertiary/aromatic N) is 2. The van der Waals surface area contributed by atoms with Gasteiger partial charge in [0.1, 0.15) is 0 Å². The third kappa shape index (κ3) is 4.48. The third-order valence-electron chi connectivity index (χ3n) is 2.83. The van der Waals surface area contributed by atoms with Gasteiger partial charge in [-0.3, -0.25) is 0 Å². The zero-order chi connectivity index (χ0) is 14.4. The molecule has 6 heteroatoms. The molecule has 1 rings (SSSR count). The molecule has 0 radical (unpaired) electrons. The summed E-state index contributed by atoms with van der Waals surface area (Å²) in [6, 6.07) is 0.0926. The summed E-state index contributed by atoms with van der Waals surface area (Å²) in [5.74, 6) is -0.228. The van der Waals surface area contributed by atoms with E-state index in [-0.39, 0.29) is 11.6 Å². The Morgan fingerprint density at radius 3 is 2.68 bits per heavy atom. The molecule has 1 unspecified atom stereocenters. The van der Waals surface area contributed by atoms with Gasteiger partial charge in [-0.1, -0.05) is 13.8 Å². The highest BCUT2D eigenvalue weighted by molar-refractivity contribution is 5.88.